The molecule has 0 fully saturated rings. The molecule has 0 atom stereocenters. The quantitative estimate of drug-likeness (QED) is 0.777. The summed E-state index contributed by atoms with van der Waals surface area (Å²) in [4.78, 5) is 2.13. The van der Waals surface area contributed by atoms with Gasteiger partial charge in [0.05, 0.1) is 6.61 Å². The number of hydrogen-bond donors (Lipinski definition) is 1. The van der Waals surface area contributed by atoms with Crippen LogP contribution >= 0.6 is 11.6 Å². The topological polar surface area (TPSA) is 38.5 Å². The lowest BCUT2D eigenvalue weighted by molar-refractivity contribution is 0.281. The van der Waals surface area contributed by atoms with Gasteiger partial charge in [-0.25, -0.2) is 0 Å². The molecular weight excluding hydrogens is 224 g/mol. The van der Waals surface area contributed by atoms with Gasteiger partial charge in [-0.1, -0.05) is 17.7 Å². The van der Waals surface area contributed by atoms with Gasteiger partial charge in [0.15, 0.2) is 0 Å². The Morgan fingerprint density at radius 1 is 1.38 bits per heavy atom. The first-order chi connectivity index (χ1) is 7.63. The molecule has 0 aliphatic heterocycles. The summed E-state index contributed by atoms with van der Waals surface area (Å²) in [5, 5.41) is 0.674. The van der Waals surface area contributed by atoms with Gasteiger partial charge in [0.2, 0.25) is 0 Å². The summed E-state index contributed by atoms with van der Waals surface area (Å²) in [5.74, 6) is 0.806. The van der Waals surface area contributed by atoms with Crippen LogP contribution in [-0.4, -0.2) is 32.1 Å². The van der Waals surface area contributed by atoms with Crippen molar-refractivity contribution < 1.29 is 4.74 Å². The van der Waals surface area contributed by atoms with Gasteiger partial charge >= 0.3 is 0 Å². The molecule has 0 radical (unpaired) electrons. The monoisotopic (exact) mass is 242 g/mol. The zero-order valence-corrected chi connectivity index (χ0v) is 10.6. The number of nitrogens with two attached hydrogens (primary N) is 1. The predicted molar refractivity (Wildman–Crippen MR) is 68.0 cm³/mol. The SMILES string of the molecule is CN(C)CCCOc1ccc(CN)c(Cl)c1. The molecule has 16 heavy (non-hydrogen) atoms. The van der Waals surface area contributed by atoms with Crippen LogP contribution in [0.25, 0.3) is 0 Å². The average molecular weight is 243 g/mol. The van der Waals surface area contributed by atoms with Gasteiger partial charge in [-0.15, -0.1) is 0 Å². The standard InChI is InChI=1S/C12H19ClN2O/c1-15(2)6-3-7-16-11-5-4-10(9-14)12(13)8-11/h4-5,8H,3,6-7,9,14H2,1-2H3. The maximum absolute atomic E-state index is 6.02. The molecule has 0 aromatic heterocycles. The van der Waals surface area contributed by atoms with E-state index in [0.717, 1.165) is 24.3 Å². The van der Waals surface area contributed by atoms with Crippen molar-refractivity contribution in [3.63, 3.8) is 0 Å². The van der Waals surface area contributed by atoms with Crippen LogP contribution in [0.1, 0.15) is 12.0 Å². The predicted octanol–water partition coefficient (Wildman–Crippen LogP) is 2.13. The molecule has 0 aliphatic carbocycles. The highest BCUT2D eigenvalue weighted by Crippen LogP contribution is 2.22. The summed E-state index contributed by atoms with van der Waals surface area (Å²) in [6.45, 7) is 2.19. The Hall–Kier alpha value is -0.770. The van der Waals surface area contributed by atoms with E-state index in [-0.39, 0.29) is 0 Å². The number of rotatable bonds is 6. The van der Waals surface area contributed by atoms with Gasteiger partial charge < -0.3 is 15.4 Å². The number of halogens is 1. The average Bonchev–Trinajstić information content (AvgIpc) is 2.24. The molecular formula is C12H19ClN2O. The van der Waals surface area contributed by atoms with Crippen LogP contribution in [0, 0.1) is 0 Å². The highest BCUT2D eigenvalue weighted by Gasteiger charge is 2.01. The molecule has 0 unspecified atom stereocenters. The van der Waals surface area contributed by atoms with Crippen molar-refractivity contribution in [2.75, 3.05) is 27.2 Å². The van der Waals surface area contributed by atoms with E-state index in [2.05, 4.69) is 4.90 Å². The van der Waals surface area contributed by atoms with Gasteiger partial charge in [0, 0.05) is 18.1 Å². The number of nitrogens with zero attached hydrogens (tertiary/aromatic N) is 1. The van der Waals surface area contributed by atoms with Crippen molar-refractivity contribution in [1.29, 1.82) is 0 Å². The molecule has 0 heterocycles. The molecule has 3 nitrogen and oxygen atoms in total. The van der Waals surface area contributed by atoms with Crippen LogP contribution in [0.2, 0.25) is 5.02 Å². The highest BCUT2D eigenvalue weighted by molar-refractivity contribution is 6.31. The Kier molecular flexibility index (Phi) is 5.60. The Labute approximate surface area is 102 Å². The summed E-state index contributed by atoms with van der Waals surface area (Å²) in [6.07, 6.45) is 1.00. The largest absolute Gasteiger partial charge is 0.493 e. The zero-order valence-electron chi connectivity index (χ0n) is 9.87. The smallest absolute Gasteiger partial charge is 0.120 e. The van der Waals surface area contributed by atoms with Gasteiger partial charge in [0.1, 0.15) is 5.75 Å². The summed E-state index contributed by atoms with van der Waals surface area (Å²) in [7, 11) is 4.10. The molecule has 1 aromatic carbocycles. The molecule has 4 heteroatoms. The number of ether oxygens (including phenoxy) is 1. The van der Waals surface area contributed by atoms with E-state index in [4.69, 9.17) is 22.1 Å². The molecule has 0 spiro atoms. The maximum atomic E-state index is 6.02. The van der Waals surface area contributed by atoms with Crippen molar-refractivity contribution >= 4 is 11.6 Å². The first-order valence-corrected chi connectivity index (χ1v) is 5.77. The minimum Gasteiger partial charge on any atom is -0.493 e. The third-order valence-electron chi connectivity index (χ3n) is 2.26. The van der Waals surface area contributed by atoms with Gasteiger partial charge in [-0.3, -0.25) is 0 Å². The first-order valence-electron chi connectivity index (χ1n) is 5.39. The van der Waals surface area contributed by atoms with Crippen LogP contribution in [-0.2, 0) is 6.54 Å². The maximum Gasteiger partial charge on any atom is 0.120 e. The van der Waals surface area contributed by atoms with E-state index in [0.29, 0.717) is 18.2 Å². The fourth-order valence-corrected chi connectivity index (χ4v) is 1.60. The van der Waals surface area contributed by atoms with Crippen molar-refractivity contribution in [1.82, 2.24) is 4.90 Å². The second kappa shape index (κ2) is 6.74. The van der Waals surface area contributed by atoms with Crippen LogP contribution < -0.4 is 10.5 Å². The third kappa shape index (κ3) is 4.39. The van der Waals surface area contributed by atoms with Gasteiger partial charge in [0.25, 0.3) is 0 Å². The fourth-order valence-electron chi connectivity index (χ4n) is 1.35. The van der Waals surface area contributed by atoms with Crippen molar-refractivity contribution in [2.45, 2.75) is 13.0 Å². The molecule has 1 aromatic rings. The van der Waals surface area contributed by atoms with Gasteiger partial charge in [-0.05, 0) is 38.2 Å². The van der Waals surface area contributed by atoms with Crippen molar-refractivity contribution in [3.8, 4) is 5.75 Å². The van der Waals surface area contributed by atoms with E-state index in [9.17, 15) is 0 Å². The Balaban J connectivity index is 2.40. The lowest BCUT2D eigenvalue weighted by Gasteiger charge is -2.11. The second-order valence-electron chi connectivity index (χ2n) is 3.96. The molecule has 0 saturated heterocycles. The normalized spacial score (nSPS) is 10.8. The third-order valence-corrected chi connectivity index (χ3v) is 2.61. The summed E-state index contributed by atoms with van der Waals surface area (Å²) >= 11 is 6.02. The van der Waals surface area contributed by atoms with Crippen LogP contribution in [0.4, 0.5) is 0 Å². The lowest BCUT2D eigenvalue weighted by atomic mass is 10.2. The molecule has 0 aliphatic rings. The van der Waals surface area contributed by atoms with Gasteiger partial charge in [-0.2, -0.15) is 0 Å². The van der Waals surface area contributed by atoms with Crippen LogP contribution in [0.5, 0.6) is 5.75 Å². The Morgan fingerprint density at radius 2 is 2.12 bits per heavy atom. The molecule has 0 bridgehead atoms. The molecule has 1 rings (SSSR count). The molecule has 90 valence electrons. The summed E-state index contributed by atoms with van der Waals surface area (Å²) < 4.78 is 5.58. The first kappa shape index (κ1) is 13.3. The minimum atomic E-state index is 0.458. The van der Waals surface area contributed by atoms with Crippen molar-refractivity contribution in [2.24, 2.45) is 5.73 Å². The molecule has 0 saturated carbocycles. The Morgan fingerprint density at radius 3 is 2.69 bits per heavy atom. The fraction of sp³-hybridized carbons (Fsp3) is 0.500. The van der Waals surface area contributed by atoms with E-state index >= 15 is 0 Å². The van der Waals surface area contributed by atoms with E-state index in [1.165, 1.54) is 0 Å². The molecule has 0 amide bonds. The second-order valence-corrected chi connectivity index (χ2v) is 4.37. The molecule has 2 N–H and O–H groups in total. The lowest BCUT2D eigenvalue weighted by Crippen LogP contribution is -2.15. The minimum absolute atomic E-state index is 0.458. The summed E-state index contributed by atoms with van der Waals surface area (Å²) in [6, 6.07) is 5.63. The van der Waals surface area contributed by atoms with Crippen LogP contribution in [0.15, 0.2) is 18.2 Å². The number of hydrogen-bond acceptors (Lipinski definition) is 3. The zero-order chi connectivity index (χ0) is 12.0. The van der Waals surface area contributed by atoms with E-state index in [1.54, 1.807) is 0 Å². The van der Waals surface area contributed by atoms with Crippen molar-refractivity contribution in [3.05, 3.63) is 28.8 Å². The number of benzene rings is 1. The summed E-state index contributed by atoms with van der Waals surface area (Å²) in [5.41, 5.74) is 6.47. The Bertz CT molecular complexity index is 329. The highest BCUT2D eigenvalue weighted by atomic mass is 35.5. The van der Waals surface area contributed by atoms with E-state index < -0.39 is 0 Å². The van der Waals surface area contributed by atoms with Crippen LogP contribution in [0.3, 0.4) is 0 Å². The van der Waals surface area contributed by atoms with E-state index in [1.807, 2.05) is 32.3 Å².